The summed E-state index contributed by atoms with van der Waals surface area (Å²) in [6.45, 7) is 1.82. The smallest absolute Gasteiger partial charge is 0.241 e. The minimum Gasteiger partial charge on any atom is -0.385 e. The van der Waals surface area contributed by atoms with E-state index in [1.54, 1.807) is 0 Å². The first-order valence-corrected chi connectivity index (χ1v) is 8.23. The van der Waals surface area contributed by atoms with Crippen LogP contribution in [0.4, 0.5) is 11.4 Å². The minimum atomic E-state index is -0.0429. The average molecular weight is 346 g/mol. The number of carbonyl (C=O) groups excluding carboxylic acids is 1. The van der Waals surface area contributed by atoms with Gasteiger partial charge in [0.25, 0.3) is 0 Å². The van der Waals surface area contributed by atoms with Gasteiger partial charge in [0.1, 0.15) is 0 Å². The molecule has 0 bridgehead atoms. The van der Waals surface area contributed by atoms with Gasteiger partial charge in [0.05, 0.1) is 6.04 Å². The zero-order valence-electron chi connectivity index (χ0n) is 13.6. The monoisotopic (exact) mass is 345 g/mol. The van der Waals surface area contributed by atoms with Gasteiger partial charge in [-0.05, 0) is 55.6 Å². The highest BCUT2D eigenvalue weighted by Gasteiger charge is 2.21. The summed E-state index contributed by atoms with van der Waals surface area (Å²) < 4.78 is 0. The molecule has 1 amide bonds. The molecule has 4 nitrogen and oxygen atoms in total. The Balaban J connectivity index is 0.00000208. The summed E-state index contributed by atoms with van der Waals surface area (Å²) in [7, 11) is 0. The van der Waals surface area contributed by atoms with Gasteiger partial charge in [-0.2, -0.15) is 0 Å². The number of halogens is 1. The van der Waals surface area contributed by atoms with E-state index in [-0.39, 0.29) is 24.4 Å². The number of benzene rings is 2. The van der Waals surface area contributed by atoms with Crippen LogP contribution in [0.2, 0.25) is 0 Å². The van der Waals surface area contributed by atoms with Crippen LogP contribution in [0, 0.1) is 0 Å². The number of anilines is 2. The Hall–Kier alpha value is -2.04. The molecule has 2 aromatic carbocycles. The predicted molar refractivity (Wildman–Crippen MR) is 102 cm³/mol. The van der Waals surface area contributed by atoms with Gasteiger partial charge in [-0.15, -0.1) is 12.4 Å². The van der Waals surface area contributed by atoms with E-state index in [4.69, 9.17) is 0 Å². The fourth-order valence-corrected chi connectivity index (χ4v) is 2.80. The number of nitrogens with one attached hydrogen (secondary N) is 3. The molecule has 0 spiro atoms. The Kier molecular flexibility index (Phi) is 7.09. The summed E-state index contributed by atoms with van der Waals surface area (Å²) in [5, 5.41) is 9.57. The zero-order chi connectivity index (χ0) is 15.9. The molecule has 3 N–H and O–H groups in total. The first kappa shape index (κ1) is 18.3. The summed E-state index contributed by atoms with van der Waals surface area (Å²) in [4.78, 5) is 12.0. The van der Waals surface area contributed by atoms with E-state index in [0.717, 1.165) is 43.7 Å². The highest BCUT2D eigenvalue weighted by molar-refractivity contribution is 5.95. The Labute approximate surface area is 149 Å². The van der Waals surface area contributed by atoms with Crippen LogP contribution in [-0.2, 0) is 11.2 Å². The largest absolute Gasteiger partial charge is 0.385 e. The van der Waals surface area contributed by atoms with Gasteiger partial charge in [-0.1, -0.05) is 30.3 Å². The SMILES string of the molecule is Cl.O=C(Nc1ccc(NCCc2ccccc2)cc1)C1CCCN1. The topological polar surface area (TPSA) is 53.2 Å². The van der Waals surface area contributed by atoms with Crippen molar-refractivity contribution < 1.29 is 4.79 Å². The van der Waals surface area contributed by atoms with Crippen LogP contribution in [0.15, 0.2) is 54.6 Å². The highest BCUT2D eigenvalue weighted by Crippen LogP contribution is 2.15. The molecule has 5 heteroatoms. The van der Waals surface area contributed by atoms with E-state index in [9.17, 15) is 4.79 Å². The molecule has 1 unspecified atom stereocenters. The maximum absolute atomic E-state index is 12.0. The molecule has 24 heavy (non-hydrogen) atoms. The second-order valence-corrected chi connectivity index (χ2v) is 5.88. The van der Waals surface area contributed by atoms with Crippen molar-refractivity contribution in [1.82, 2.24) is 5.32 Å². The third kappa shape index (κ3) is 5.25. The van der Waals surface area contributed by atoms with Crippen molar-refractivity contribution in [3.63, 3.8) is 0 Å². The van der Waals surface area contributed by atoms with Crippen LogP contribution >= 0.6 is 12.4 Å². The Bertz CT molecular complexity index is 625. The van der Waals surface area contributed by atoms with Crippen LogP contribution in [0.5, 0.6) is 0 Å². The Morgan fingerprint density at radius 3 is 2.42 bits per heavy atom. The summed E-state index contributed by atoms with van der Waals surface area (Å²) in [5.74, 6) is 0.0623. The van der Waals surface area contributed by atoms with Gasteiger partial charge in [0.2, 0.25) is 5.91 Å². The van der Waals surface area contributed by atoms with Gasteiger partial charge in [-0.3, -0.25) is 4.79 Å². The van der Waals surface area contributed by atoms with E-state index in [0.29, 0.717) is 0 Å². The van der Waals surface area contributed by atoms with Crippen molar-refractivity contribution in [1.29, 1.82) is 0 Å². The zero-order valence-corrected chi connectivity index (χ0v) is 14.4. The number of amides is 1. The van der Waals surface area contributed by atoms with Gasteiger partial charge < -0.3 is 16.0 Å². The second-order valence-electron chi connectivity index (χ2n) is 5.88. The quantitative estimate of drug-likeness (QED) is 0.751. The van der Waals surface area contributed by atoms with Crippen molar-refractivity contribution in [2.45, 2.75) is 25.3 Å². The molecular formula is C19H24ClN3O. The van der Waals surface area contributed by atoms with Gasteiger partial charge >= 0.3 is 0 Å². The van der Waals surface area contributed by atoms with Crippen molar-refractivity contribution >= 4 is 29.7 Å². The van der Waals surface area contributed by atoms with Crippen LogP contribution in [0.3, 0.4) is 0 Å². The minimum absolute atomic E-state index is 0. The molecule has 0 aromatic heterocycles. The third-order valence-corrected chi connectivity index (χ3v) is 4.11. The van der Waals surface area contributed by atoms with Crippen molar-refractivity contribution in [3.05, 3.63) is 60.2 Å². The number of carbonyl (C=O) groups is 1. The van der Waals surface area contributed by atoms with Gasteiger partial charge in [0.15, 0.2) is 0 Å². The lowest BCUT2D eigenvalue weighted by atomic mass is 10.1. The van der Waals surface area contributed by atoms with Crippen molar-refractivity contribution in [3.8, 4) is 0 Å². The first-order chi connectivity index (χ1) is 11.3. The van der Waals surface area contributed by atoms with E-state index in [1.165, 1.54) is 5.56 Å². The van der Waals surface area contributed by atoms with Gasteiger partial charge in [-0.25, -0.2) is 0 Å². The van der Waals surface area contributed by atoms with E-state index in [2.05, 4.69) is 40.2 Å². The molecule has 0 aliphatic carbocycles. The normalized spacial score (nSPS) is 16.2. The van der Waals surface area contributed by atoms with Crippen LogP contribution in [0.1, 0.15) is 18.4 Å². The third-order valence-electron chi connectivity index (χ3n) is 4.11. The lowest BCUT2D eigenvalue weighted by Gasteiger charge is -2.12. The molecule has 0 saturated carbocycles. The molecule has 2 aromatic rings. The number of rotatable bonds is 6. The second kappa shape index (κ2) is 9.30. The molecule has 1 heterocycles. The van der Waals surface area contributed by atoms with Crippen LogP contribution < -0.4 is 16.0 Å². The summed E-state index contributed by atoms with van der Waals surface area (Å²) in [6, 6.07) is 18.3. The number of hydrogen-bond donors (Lipinski definition) is 3. The average Bonchev–Trinajstić information content (AvgIpc) is 3.12. The Morgan fingerprint density at radius 2 is 1.75 bits per heavy atom. The Morgan fingerprint density at radius 1 is 1.04 bits per heavy atom. The number of hydrogen-bond acceptors (Lipinski definition) is 3. The van der Waals surface area contributed by atoms with Gasteiger partial charge in [0, 0.05) is 17.9 Å². The molecule has 0 radical (unpaired) electrons. The molecule has 1 atom stereocenters. The lowest BCUT2D eigenvalue weighted by Crippen LogP contribution is -2.35. The van der Waals surface area contributed by atoms with Crippen molar-refractivity contribution in [2.75, 3.05) is 23.7 Å². The summed E-state index contributed by atoms with van der Waals surface area (Å²) in [6.07, 6.45) is 2.99. The maximum Gasteiger partial charge on any atom is 0.241 e. The molecule has 3 rings (SSSR count). The standard InChI is InChI=1S/C19H23N3O.ClH/c23-19(18-7-4-13-21-18)22-17-10-8-16(9-11-17)20-14-12-15-5-2-1-3-6-15;/h1-3,5-6,8-11,18,20-21H,4,7,12-14H2,(H,22,23);1H. The molecular weight excluding hydrogens is 322 g/mol. The highest BCUT2D eigenvalue weighted by atomic mass is 35.5. The molecule has 128 valence electrons. The summed E-state index contributed by atoms with van der Waals surface area (Å²) >= 11 is 0. The summed E-state index contributed by atoms with van der Waals surface area (Å²) in [5.41, 5.74) is 3.24. The molecule has 1 aliphatic rings. The lowest BCUT2D eigenvalue weighted by molar-refractivity contribution is -0.117. The van der Waals surface area contributed by atoms with Crippen molar-refractivity contribution in [2.24, 2.45) is 0 Å². The van der Waals surface area contributed by atoms with E-state index >= 15 is 0 Å². The van der Waals surface area contributed by atoms with E-state index < -0.39 is 0 Å². The molecule has 1 aliphatic heterocycles. The maximum atomic E-state index is 12.0. The van der Waals surface area contributed by atoms with E-state index in [1.807, 2.05) is 30.3 Å². The molecule has 1 fully saturated rings. The fraction of sp³-hybridized carbons (Fsp3) is 0.316. The molecule has 1 saturated heterocycles. The first-order valence-electron chi connectivity index (χ1n) is 8.23. The predicted octanol–water partition coefficient (Wildman–Crippen LogP) is 3.45. The van der Waals surface area contributed by atoms with Crippen LogP contribution in [0.25, 0.3) is 0 Å². The van der Waals surface area contributed by atoms with Crippen LogP contribution in [-0.4, -0.2) is 25.0 Å². The fourth-order valence-electron chi connectivity index (χ4n) is 2.80.